The molecule has 3 aromatic carbocycles. The molecule has 0 saturated heterocycles. The molecule has 0 aromatic heterocycles. The highest BCUT2D eigenvalue weighted by atomic mass is 32.2. The van der Waals surface area contributed by atoms with Crippen LogP contribution < -0.4 is 14.2 Å². The van der Waals surface area contributed by atoms with Crippen molar-refractivity contribution in [1.82, 2.24) is 0 Å². The van der Waals surface area contributed by atoms with Crippen molar-refractivity contribution in [2.45, 2.75) is 17.7 Å². The molecule has 8 heteroatoms. The van der Waals surface area contributed by atoms with Crippen molar-refractivity contribution in [2.24, 2.45) is 0 Å². The largest absolute Gasteiger partial charge is 0.497 e. The molecule has 7 nitrogen and oxygen atoms in total. The third-order valence-electron chi connectivity index (χ3n) is 4.74. The van der Waals surface area contributed by atoms with Crippen LogP contribution in [0.5, 0.6) is 11.5 Å². The Hall–Kier alpha value is -3.52. The van der Waals surface area contributed by atoms with Crippen LogP contribution in [0.15, 0.2) is 71.6 Å². The van der Waals surface area contributed by atoms with E-state index in [-0.39, 0.29) is 16.2 Å². The number of aromatic carboxylic acids is 1. The molecule has 162 valence electrons. The lowest BCUT2D eigenvalue weighted by Gasteiger charge is -2.13. The lowest BCUT2D eigenvalue weighted by Crippen LogP contribution is -2.14. The first-order chi connectivity index (χ1) is 14.8. The molecule has 0 aliphatic rings. The van der Waals surface area contributed by atoms with Gasteiger partial charge in [0.05, 0.1) is 19.8 Å². The van der Waals surface area contributed by atoms with E-state index in [1.165, 1.54) is 20.3 Å². The predicted molar refractivity (Wildman–Crippen MR) is 118 cm³/mol. The van der Waals surface area contributed by atoms with Crippen LogP contribution in [-0.4, -0.2) is 33.7 Å². The average molecular weight is 442 g/mol. The van der Waals surface area contributed by atoms with Crippen LogP contribution in [0.2, 0.25) is 0 Å². The smallest absolute Gasteiger partial charge is 0.335 e. The van der Waals surface area contributed by atoms with Crippen molar-refractivity contribution in [3.8, 4) is 11.5 Å². The van der Waals surface area contributed by atoms with Crippen LogP contribution in [0, 0.1) is 0 Å². The molecule has 0 radical (unpaired) electrons. The molecule has 0 aliphatic heterocycles. The number of hydrogen-bond acceptors (Lipinski definition) is 5. The van der Waals surface area contributed by atoms with Crippen LogP contribution in [0.4, 0.5) is 5.69 Å². The molecule has 31 heavy (non-hydrogen) atoms. The minimum atomic E-state index is -3.90. The second-order valence-corrected chi connectivity index (χ2v) is 8.48. The van der Waals surface area contributed by atoms with Crippen LogP contribution in [-0.2, 0) is 22.9 Å². The minimum absolute atomic E-state index is 0.0155. The molecule has 0 aliphatic carbocycles. The van der Waals surface area contributed by atoms with Gasteiger partial charge in [0.15, 0.2) is 0 Å². The summed E-state index contributed by atoms with van der Waals surface area (Å²) in [5.74, 6) is -0.336. The van der Waals surface area contributed by atoms with Gasteiger partial charge in [0, 0.05) is 11.8 Å². The summed E-state index contributed by atoms with van der Waals surface area (Å²) < 4.78 is 38.8. The maximum Gasteiger partial charge on any atom is 0.335 e. The Morgan fingerprint density at radius 2 is 1.61 bits per heavy atom. The highest BCUT2D eigenvalue weighted by molar-refractivity contribution is 7.92. The monoisotopic (exact) mass is 441 g/mol. The van der Waals surface area contributed by atoms with Crippen molar-refractivity contribution >= 4 is 21.7 Å². The third-order valence-corrected chi connectivity index (χ3v) is 6.15. The van der Waals surface area contributed by atoms with Gasteiger partial charge in [-0.2, -0.15) is 0 Å². The zero-order valence-electron chi connectivity index (χ0n) is 17.2. The molecule has 0 bridgehead atoms. The van der Waals surface area contributed by atoms with Crippen molar-refractivity contribution in [1.29, 1.82) is 0 Å². The number of sulfonamides is 1. The molecular formula is C23H23NO6S. The Labute approximate surface area is 181 Å². The van der Waals surface area contributed by atoms with Gasteiger partial charge in [-0.25, -0.2) is 13.2 Å². The first-order valence-electron chi connectivity index (χ1n) is 9.48. The van der Waals surface area contributed by atoms with E-state index in [4.69, 9.17) is 14.6 Å². The van der Waals surface area contributed by atoms with Crippen molar-refractivity contribution in [3.05, 3.63) is 83.4 Å². The number of carboxylic acids is 1. The number of methoxy groups -OCH3 is 2. The van der Waals surface area contributed by atoms with E-state index in [0.29, 0.717) is 24.3 Å². The molecule has 0 unspecified atom stereocenters. The summed E-state index contributed by atoms with van der Waals surface area (Å²) in [6, 6.07) is 18.4. The Balaban J connectivity index is 1.75. The van der Waals surface area contributed by atoms with Gasteiger partial charge in [-0.15, -0.1) is 0 Å². The van der Waals surface area contributed by atoms with Crippen LogP contribution in [0.1, 0.15) is 21.5 Å². The number of carboxylic acid groups (broad SMARTS) is 1. The van der Waals surface area contributed by atoms with Gasteiger partial charge in [-0.3, -0.25) is 4.72 Å². The summed E-state index contributed by atoms with van der Waals surface area (Å²) in [6.45, 7) is 0. The van der Waals surface area contributed by atoms with Gasteiger partial charge in [0.2, 0.25) is 0 Å². The zero-order valence-corrected chi connectivity index (χ0v) is 18.0. The highest BCUT2D eigenvalue weighted by Gasteiger charge is 2.21. The van der Waals surface area contributed by atoms with Crippen molar-refractivity contribution in [3.63, 3.8) is 0 Å². The predicted octanol–water partition coefficient (Wildman–Crippen LogP) is 3.99. The first-order valence-corrected chi connectivity index (χ1v) is 11.0. The van der Waals surface area contributed by atoms with Gasteiger partial charge in [0.25, 0.3) is 10.0 Å². The van der Waals surface area contributed by atoms with E-state index in [1.54, 1.807) is 54.6 Å². The molecule has 0 fully saturated rings. The number of rotatable bonds is 9. The standard InChI is InChI=1S/C23H23NO6S/c1-29-20-12-13-21(30-2)22(15-20)31(27,28)24-19-5-3-4-17(14-19)7-6-16-8-10-18(11-9-16)23(25)26/h3-5,8-15,24H,6-7H2,1-2H3,(H,25,26). The second kappa shape index (κ2) is 9.53. The molecular weight excluding hydrogens is 418 g/mol. The quantitative estimate of drug-likeness (QED) is 0.521. The lowest BCUT2D eigenvalue weighted by molar-refractivity contribution is 0.0697. The van der Waals surface area contributed by atoms with Crippen molar-refractivity contribution in [2.75, 3.05) is 18.9 Å². The molecule has 0 atom stereocenters. The second-order valence-electron chi connectivity index (χ2n) is 6.82. The summed E-state index contributed by atoms with van der Waals surface area (Å²) in [5, 5.41) is 8.98. The van der Waals surface area contributed by atoms with Crippen LogP contribution in [0.3, 0.4) is 0 Å². The average Bonchev–Trinajstić information content (AvgIpc) is 2.77. The summed E-state index contributed by atoms with van der Waals surface area (Å²) >= 11 is 0. The fraction of sp³-hybridized carbons (Fsp3) is 0.174. The lowest BCUT2D eigenvalue weighted by atomic mass is 10.0. The minimum Gasteiger partial charge on any atom is -0.497 e. The van der Waals surface area contributed by atoms with E-state index in [0.717, 1.165) is 11.1 Å². The fourth-order valence-electron chi connectivity index (χ4n) is 3.10. The summed E-state index contributed by atoms with van der Waals surface area (Å²) in [7, 11) is -1.03. The number of carbonyl (C=O) groups is 1. The topological polar surface area (TPSA) is 102 Å². The van der Waals surface area contributed by atoms with E-state index in [9.17, 15) is 13.2 Å². The molecule has 0 saturated carbocycles. The van der Waals surface area contributed by atoms with E-state index < -0.39 is 16.0 Å². The SMILES string of the molecule is COc1ccc(OC)c(S(=O)(=O)Nc2cccc(CCc3ccc(C(=O)O)cc3)c2)c1. The number of nitrogens with one attached hydrogen (secondary N) is 1. The van der Waals surface area contributed by atoms with Crippen molar-refractivity contribution < 1.29 is 27.8 Å². The molecule has 0 amide bonds. The number of benzene rings is 3. The molecule has 2 N–H and O–H groups in total. The van der Waals surface area contributed by atoms with Crippen LogP contribution in [0.25, 0.3) is 0 Å². The summed E-state index contributed by atoms with van der Waals surface area (Å²) in [6.07, 6.45) is 1.37. The Kier molecular flexibility index (Phi) is 6.81. The van der Waals surface area contributed by atoms with Gasteiger partial charge in [0.1, 0.15) is 16.4 Å². The Morgan fingerprint density at radius 3 is 2.26 bits per heavy atom. The van der Waals surface area contributed by atoms with Gasteiger partial charge < -0.3 is 14.6 Å². The highest BCUT2D eigenvalue weighted by Crippen LogP contribution is 2.30. The van der Waals surface area contributed by atoms with E-state index >= 15 is 0 Å². The number of anilines is 1. The van der Waals surface area contributed by atoms with Gasteiger partial charge in [-0.1, -0.05) is 24.3 Å². The normalized spacial score (nSPS) is 11.0. The fourth-order valence-corrected chi connectivity index (χ4v) is 4.33. The number of ether oxygens (including phenoxy) is 2. The Bertz CT molecular complexity index is 1170. The Morgan fingerprint density at radius 1 is 0.903 bits per heavy atom. The van der Waals surface area contributed by atoms with Gasteiger partial charge >= 0.3 is 5.97 Å². The zero-order chi connectivity index (χ0) is 22.4. The molecule has 3 rings (SSSR count). The van der Waals surface area contributed by atoms with E-state index in [1.807, 2.05) is 6.07 Å². The third kappa shape index (κ3) is 5.55. The summed E-state index contributed by atoms with van der Waals surface area (Å²) in [5.41, 5.74) is 2.62. The first kappa shape index (κ1) is 22.2. The molecule has 0 heterocycles. The van der Waals surface area contributed by atoms with E-state index in [2.05, 4.69) is 4.72 Å². The van der Waals surface area contributed by atoms with Crippen LogP contribution >= 0.6 is 0 Å². The molecule has 3 aromatic rings. The maximum atomic E-state index is 12.9. The van der Waals surface area contributed by atoms with Gasteiger partial charge in [-0.05, 0) is 60.4 Å². The maximum absolute atomic E-state index is 12.9. The number of aryl methyl sites for hydroxylation is 2. The number of hydrogen-bond donors (Lipinski definition) is 2. The molecule has 0 spiro atoms. The summed E-state index contributed by atoms with van der Waals surface area (Å²) in [4.78, 5) is 10.9.